The number of benzene rings is 3. The summed E-state index contributed by atoms with van der Waals surface area (Å²) in [6.07, 6.45) is 0.129. The fourth-order valence-electron chi connectivity index (χ4n) is 3.49. The van der Waals surface area contributed by atoms with Gasteiger partial charge in [0.15, 0.2) is 0 Å². The summed E-state index contributed by atoms with van der Waals surface area (Å²) in [6.45, 7) is 3.97. The van der Waals surface area contributed by atoms with Crippen molar-refractivity contribution in [2.75, 3.05) is 4.90 Å². The first-order chi connectivity index (χ1) is 14.0. The molecule has 1 unspecified atom stereocenters. The van der Waals surface area contributed by atoms with Gasteiger partial charge < -0.3 is 0 Å². The fraction of sp³-hybridized carbons (Fsp3) is 0.167. The molecule has 5 heteroatoms. The Morgan fingerprint density at radius 2 is 1.52 bits per heavy atom. The second-order valence-electron chi connectivity index (χ2n) is 7.26. The van der Waals surface area contributed by atoms with Gasteiger partial charge in [-0.05, 0) is 49.7 Å². The molecule has 0 aliphatic carbocycles. The van der Waals surface area contributed by atoms with Crippen LogP contribution in [0.1, 0.15) is 29.0 Å². The van der Waals surface area contributed by atoms with Crippen LogP contribution in [-0.2, 0) is 9.59 Å². The molecule has 2 amide bonds. The second-order valence-corrected chi connectivity index (χ2v) is 7.26. The molecule has 3 aromatic carbocycles. The van der Waals surface area contributed by atoms with Crippen LogP contribution in [0.2, 0.25) is 0 Å². The molecule has 1 aliphatic rings. The minimum Gasteiger partial charge on any atom is -0.274 e. The molecule has 144 valence electrons. The molecule has 0 saturated carbocycles. The van der Waals surface area contributed by atoms with Crippen LogP contribution in [-0.4, -0.2) is 11.8 Å². The fourth-order valence-corrected chi connectivity index (χ4v) is 3.49. The van der Waals surface area contributed by atoms with Crippen molar-refractivity contribution in [3.05, 3.63) is 89.5 Å². The minimum atomic E-state index is -0.561. The molecular formula is C24H21N3O2. The van der Waals surface area contributed by atoms with E-state index < -0.39 is 5.92 Å². The van der Waals surface area contributed by atoms with Gasteiger partial charge in [-0.2, -0.15) is 10.2 Å². The lowest BCUT2D eigenvalue weighted by atomic mass is 9.94. The first kappa shape index (κ1) is 18.7. The molecule has 5 nitrogen and oxygen atoms in total. The van der Waals surface area contributed by atoms with Crippen molar-refractivity contribution in [1.29, 1.82) is 0 Å². The zero-order chi connectivity index (χ0) is 20.4. The summed E-state index contributed by atoms with van der Waals surface area (Å²) in [4.78, 5) is 27.0. The molecule has 29 heavy (non-hydrogen) atoms. The number of hydrogen-bond donors (Lipinski definition) is 0. The van der Waals surface area contributed by atoms with E-state index in [0.29, 0.717) is 11.4 Å². The number of azo groups is 1. The predicted octanol–water partition coefficient (Wildman–Crippen LogP) is 5.77. The van der Waals surface area contributed by atoms with Gasteiger partial charge in [0.05, 0.1) is 23.0 Å². The maximum absolute atomic E-state index is 13.1. The lowest BCUT2D eigenvalue weighted by Gasteiger charge is -2.16. The van der Waals surface area contributed by atoms with Crippen molar-refractivity contribution in [1.82, 2.24) is 0 Å². The van der Waals surface area contributed by atoms with Crippen LogP contribution in [0.5, 0.6) is 0 Å². The van der Waals surface area contributed by atoms with Crippen LogP contribution in [0.25, 0.3) is 0 Å². The number of anilines is 1. The maximum Gasteiger partial charge on any atom is 0.241 e. The molecule has 1 aliphatic heterocycles. The Bertz CT molecular complexity index is 1090. The molecule has 1 heterocycles. The number of rotatable bonds is 4. The van der Waals surface area contributed by atoms with E-state index in [4.69, 9.17) is 0 Å². The highest BCUT2D eigenvalue weighted by Gasteiger charge is 2.41. The van der Waals surface area contributed by atoms with Crippen molar-refractivity contribution in [3.63, 3.8) is 0 Å². The minimum absolute atomic E-state index is 0.129. The van der Waals surface area contributed by atoms with Crippen LogP contribution >= 0.6 is 0 Å². The Kier molecular flexibility index (Phi) is 5.04. The molecule has 0 N–H and O–H groups in total. The molecule has 4 rings (SSSR count). The van der Waals surface area contributed by atoms with Crippen LogP contribution < -0.4 is 4.90 Å². The quantitative estimate of drug-likeness (QED) is 0.424. The maximum atomic E-state index is 13.1. The van der Waals surface area contributed by atoms with E-state index in [1.807, 2.05) is 74.5 Å². The average molecular weight is 383 g/mol. The van der Waals surface area contributed by atoms with Gasteiger partial charge in [-0.25, -0.2) is 0 Å². The van der Waals surface area contributed by atoms with Crippen LogP contribution in [0.4, 0.5) is 17.1 Å². The van der Waals surface area contributed by atoms with E-state index in [2.05, 4.69) is 10.2 Å². The summed E-state index contributed by atoms with van der Waals surface area (Å²) in [6, 6.07) is 22.5. The summed E-state index contributed by atoms with van der Waals surface area (Å²) in [5, 5.41) is 8.71. The van der Waals surface area contributed by atoms with Gasteiger partial charge in [-0.1, -0.05) is 53.6 Å². The SMILES string of the molecule is Cc1ccc(N=Nc2ccc(C)cc2C2CC(=O)N(c3ccccc3)C2=O)cc1. The van der Waals surface area contributed by atoms with Crippen LogP contribution in [0.15, 0.2) is 83.0 Å². The third kappa shape index (κ3) is 3.85. The number of carbonyl (C=O) groups excluding carboxylic acids is 2. The Morgan fingerprint density at radius 1 is 0.828 bits per heavy atom. The number of aryl methyl sites for hydroxylation is 2. The third-order valence-electron chi connectivity index (χ3n) is 5.03. The molecule has 1 fully saturated rings. The Labute approximate surface area is 169 Å². The molecule has 0 spiro atoms. The summed E-state index contributed by atoms with van der Waals surface area (Å²) >= 11 is 0. The van der Waals surface area contributed by atoms with Crippen molar-refractivity contribution in [3.8, 4) is 0 Å². The van der Waals surface area contributed by atoms with Gasteiger partial charge in [0.2, 0.25) is 11.8 Å². The van der Waals surface area contributed by atoms with Crippen molar-refractivity contribution in [2.45, 2.75) is 26.2 Å². The Balaban J connectivity index is 1.68. The molecular weight excluding hydrogens is 362 g/mol. The Morgan fingerprint density at radius 3 is 2.24 bits per heavy atom. The monoisotopic (exact) mass is 383 g/mol. The predicted molar refractivity (Wildman–Crippen MR) is 113 cm³/mol. The van der Waals surface area contributed by atoms with E-state index in [-0.39, 0.29) is 18.2 Å². The molecule has 0 bridgehead atoms. The highest BCUT2D eigenvalue weighted by Crippen LogP contribution is 2.38. The first-order valence-electron chi connectivity index (χ1n) is 9.54. The van der Waals surface area contributed by atoms with E-state index in [1.165, 1.54) is 4.90 Å². The zero-order valence-electron chi connectivity index (χ0n) is 16.4. The second kappa shape index (κ2) is 7.80. The average Bonchev–Trinajstić information content (AvgIpc) is 3.03. The lowest BCUT2D eigenvalue weighted by Crippen LogP contribution is -2.29. The van der Waals surface area contributed by atoms with E-state index in [0.717, 1.165) is 22.4 Å². The number of para-hydroxylation sites is 1. The van der Waals surface area contributed by atoms with Crippen LogP contribution in [0, 0.1) is 13.8 Å². The standard InChI is InChI=1S/C24H21N3O2/c1-16-8-11-18(12-9-16)25-26-22-13-10-17(2)14-20(22)21-15-23(28)27(24(21)29)19-6-4-3-5-7-19/h3-14,21H,15H2,1-2H3. The number of hydrogen-bond acceptors (Lipinski definition) is 4. The van der Waals surface area contributed by atoms with Gasteiger partial charge >= 0.3 is 0 Å². The third-order valence-corrected chi connectivity index (χ3v) is 5.03. The summed E-state index contributed by atoms with van der Waals surface area (Å²) in [7, 11) is 0. The number of carbonyl (C=O) groups is 2. The van der Waals surface area contributed by atoms with Crippen molar-refractivity contribution >= 4 is 28.9 Å². The topological polar surface area (TPSA) is 62.1 Å². The highest BCUT2D eigenvalue weighted by atomic mass is 16.2. The molecule has 0 radical (unpaired) electrons. The zero-order valence-corrected chi connectivity index (χ0v) is 16.4. The lowest BCUT2D eigenvalue weighted by molar-refractivity contribution is -0.121. The molecule has 1 atom stereocenters. The number of nitrogens with zero attached hydrogens (tertiary/aromatic N) is 3. The smallest absolute Gasteiger partial charge is 0.241 e. The van der Waals surface area contributed by atoms with Crippen molar-refractivity contribution in [2.24, 2.45) is 10.2 Å². The van der Waals surface area contributed by atoms with Crippen LogP contribution in [0.3, 0.4) is 0 Å². The first-order valence-corrected chi connectivity index (χ1v) is 9.54. The van der Waals surface area contributed by atoms with Crippen molar-refractivity contribution < 1.29 is 9.59 Å². The van der Waals surface area contributed by atoms with E-state index >= 15 is 0 Å². The highest BCUT2D eigenvalue weighted by molar-refractivity contribution is 6.22. The summed E-state index contributed by atoms with van der Waals surface area (Å²) < 4.78 is 0. The molecule has 1 saturated heterocycles. The van der Waals surface area contributed by atoms with E-state index in [9.17, 15) is 9.59 Å². The normalized spacial score (nSPS) is 16.8. The van der Waals surface area contributed by atoms with E-state index in [1.54, 1.807) is 12.1 Å². The Hall–Kier alpha value is -3.60. The molecule has 0 aromatic heterocycles. The number of amides is 2. The van der Waals surface area contributed by atoms with Gasteiger partial charge in [-0.3, -0.25) is 14.5 Å². The largest absolute Gasteiger partial charge is 0.274 e. The van der Waals surface area contributed by atoms with Gasteiger partial charge in [0.25, 0.3) is 0 Å². The van der Waals surface area contributed by atoms with Gasteiger partial charge in [0, 0.05) is 6.42 Å². The summed E-state index contributed by atoms with van der Waals surface area (Å²) in [5.41, 5.74) is 4.83. The number of imide groups is 1. The summed E-state index contributed by atoms with van der Waals surface area (Å²) in [5.74, 6) is -0.984. The van der Waals surface area contributed by atoms with Gasteiger partial charge in [-0.15, -0.1) is 0 Å². The van der Waals surface area contributed by atoms with Gasteiger partial charge in [0.1, 0.15) is 0 Å². The molecule has 3 aromatic rings.